The van der Waals surface area contributed by atoms with Gasteiger partial charge in [-0.15, -0.1) is 0 Å². The molecule has 160 valence electrons. The quantitative estimate of drug-likeness (QED) is 0.433. The molecule has 2 aromatic heterocycles. The molecule has 31 heavy (non-hydrogen) atoms. The molecule has 0 radical (unpaired) electrons. The Kier molecular flexibility index (Phi) is 5.89. The summed E-state index contributed by atoms with van der Waals surface area (Å²) >= 11 is 14.3. The van der Waals surface area contributed by atoms with Gasteiger partial charge in [0.25, 0.3) is 0 Å². The van der Waals surface area contributed by atoms with Crippen LogP contribution in [0.2, 0.25) is 10.0 Å². The summed E-state index contributed by atoms with van der Waals surface area (Å²) in [4.78, 5) is 6.40. The Hall–Kier alpha value is -2.11. The third-order valence-corrected chi connectivity index (χ3v) is 7.37. The van der Waals surface area contributed by atoms with Crippen LogP contribution in [0.3, 0.4) is 0 Å². The Labute approximate surface area is 194 Å². The van der Waals surface area contributed by atoms with E-state index in [9.17, 15) is 0 Å². The molecule has 1 saturated heterocycles. The monoisotopic (exact) mass is 474 g/mol. The van der Waals surface area contributed by atoms with Gasteiger partial charge in [-0.3, -0.25) is 0 Å². The number of hydrogen-bond donors (Lipinski definition) is 0. The van der Waals surface area contributed by atoms with Gasteiger partial charge < -0.3 is 14.2 Å². The Bertz CT molecular complexity index is 1110. The molecule has 2 fully saturated rings. The lowest BCUT2D eigenvalue weighted by molar-refractivity contribution is 0.0247. The molecule has 1 aromatic carbocycles. The molecule has 0 spiro atoms. The van der Waals surface area contributed by atoms with E-state index in [2.05, 4.69) is 21.1 Å². The van der Waals surface area contributed by atoms with Crippen LogP contribution in [0.25, 0.3) is 11.3 Å². The lowest BCUT2D eigenvalue weighted by atomic mass is 10.0. The van der Waals surface area contributed by atoms with Gasteiger partial charge in [0.1, 0.15) is 22.5 Å². The van der Waals surface area contributed by atoms with Crippen molar-refractivity contribution in [3.63, 3.8) is 0 Å². The summed E-state index contributed by atoms with van der Waals surface area (Å²) in [6, 6.07) is 7.54. The maximum atomic E-state index is 8.99. The van der Waals surface area contributed by atoms with Crippen molar-refractivity contribution in [2.45, 2.75) is 44.3 Å². The van der Waals surface area contributed by atoms with Gasteiger partial charge in [-0.2, -0.15) is 5.26 Å². The lowest BCUT2D eigenvalue weighted by Gasteiger charge is -2.32. The molecule has 2 aliphatic rings. The van der Waals surface area contributed by atoms with Gasteiger partial charge in [0, 0.05) is 30.1 Å². The molecular formula is C22H20Cl2N4O2S. The number of nitriles is 1. The van der Waals surface area contributed by atoms with E-state index < -0.39 is 0 Å². The average Bonchev–Trinajstić information content (AvgIpc) is 3.36. The summed E-state index contributed by atoms with van der Waals surface area (Å²) < 4.78 is 12.0. The van der Waals surface area contributed by atoms with Crippen LogP contribution in [0.4, 0.5) is 5.00 Å². The summed E-state index contributed by atoms with van der Waals surface area (Å²) in [5.41, 5.74) is 2.35. The first-order valence-corrected chi connectivity index (χ1v) is 11.9. The number of anilines is 1. The maximum absolute atomic E-state index is 8.99. The van der Waals surface area contributed by atoms with Crippen LogP contribution in [-0.2, 0) is 11.3 Å². The van der Waals surface area contributed by atoms with Crippen LogP contribution < -0.4 is 4.90 Å². The first kappa shape index (κ1) is 20.8. The molecule has 0 bridgehead atoms. The maximum Gasteiger partial charge on any atom is 0.196 e. The van der Waals surface area contributed by atoms with E-state index in [4.69, 9.17) is 37.7 Å². The fraction of sp³-hybridized carbons (Fsp3) is 0.409. The predicted molar refractivity (Wildman–Crippen MR) is 121 cm³/mol. The largest absolute Gasteiger partial charge is 0.373 e. The molecule has 0 amide bonds. The fourth-order valence-corrected chi connectivity index (χ4v) is 5.30. The third-order valence-electron chi connectivity index (χ3n) is 5.77. The van der Waals surface area contributed by atoms with Crippen molar-refractivity contribution < 1.29 is 9.26 Å². The van der Waals surface area contributed by atoms with Gasteiger partial charge in [-0.25, -0.2) is 4.98 Å². The van der Waals surface area contributed by atoms with Crippen molar-refractivity contribution in [1.82, 2.24) is 10.1 Å². The molecule has 3 aromatic rings. The standard InChI is InChI=1S/C22H20Cl2N4O2S/c23-16-2-1-3-17(24)20(16)21-15(22(30-27-21)13-4-5-13)12-29-14-6-8-28(9-7-14)19-11-26-18(10-25)31-19/h1-3,11,13-14H,4-9,12H2. The van der Waals surface area contributed by atoms with E-state index in [1.165, 1.54) is 11.3 Å². The number of aromatic nitrogens is 2. The van der Waals surface area contributed by atoms with E-state index in [1.807, 2.05) is 18.2 Å². The third kappa shape index (κ3) is 4.31. The van der Waals surface area contributed by atoms with Crippen molar-refractivity contribution in [1.29, 1.82) is 5.26 Å². The highest BCUT2D eigenvalue weighted by Gasteiger charge is 2.34. The zero-order valence-electron chi connectivity index (χ0n) is 16.7. The number of hydrogen-bond acceptors (Lipinski definition) is 7. The van der Waals surface area contributed by atoms with Crippen LogP contribution >= 0.6 is 34.5 Å². The van der Waals surface area contributed by atoms with E-state index in [1.54, 1.807) is 6.20 Å². The smallest absolute Gasteiger partial charge is 0.196 e. The second-order valence-corrected chi connectivity index (χ2v) is 9.68. The van der Waals surface area contributed by atoms with Gasteiger partial charge in [-0.05, 0) is 37.8 Å². The molecule has 5 rings (SSSR count). The lowest BCUT2D eigenvalue weighted by Crippen LogP contribution is -2.36. The van der Waals surface area contributed by atoms with Crippen molar-refractivity contribution in [2.75, 3.05) is 18.0 Å². The fourth-order valence-electron chi connectivity index (χ4n) is 3.96. The second-order valence-electron chi connectivity index (χ2n) is 7.86. The molecule has 0 unspecified atom stereocenters. The number of ether oxygens (including phenoxy) is 1. The van der Waals surface area contributed by atoms with Crippen LogP contribution in [0.5, 0.6) is 0 Å². The number of thiazole rings is 1. The van der Waals surface area contributed by atoms with Crippen LogP contribution in [-0.4, -0.2) is 29.3 Å². The van der Waals surface area contributed by atoms with E-state index in [0.29, 0.717) is 38.8 Å². The number of piperidine rings is 1. The predicted octanol–water partition coefficient (Wildman–Crippen LogP) is 6.04. The van der Waals surface area contributed by atoms with Gasteiger partial charge >= 0.3 is 0 Å². The molecule has 6 nitrogen and oxygen atoms in total. The number of nitrogens with zero attached hydrogens (tertiary/aromatic N) is 4. The van der Waals surface area contributed by atoms with Gasteiger partial charge in [0.15, 0.2) is 5.01 Å². The molecule has 0 atom stereocenters. The van der Waals surface area contributed by atoms with Crippen LogP contribution in [0.15, 0.2) is 28.9 Å². The molecule has 0 N–H and O–H groups in total. The summed E-state index contributed by atoms with van der Waals surface area (Å²) in [5.74, 6) is 1.31. The highest BCUT2D eigenvalue weighted by atomic mass is 35.5. The minimum atomic E-state index is 0.149. The van der Waals surface area contributed by atoms with Crippen LogP contribution in [0.1, 0.15) is 47.9 Å². The Morgan fingerprint density at radius 2 is 1.94 bits per heavy atom. The van der Waals surface area contributed by atoms with Crippen LogP contribution in [0, 0.1) is 11.3 Å². The molecule has 1 aliphatic heterocycles. The molecule has 1 aliphatic carbocycles. The molecular weight excluding hydrogens is 455 g/mol. The normalized spacial score (nSPS) is 17.1. The second kappa shape index (κ2) is 8.79. The van der Waals surface area contributed by atoms with Crippen molar-refractivity contribution in [2.24, 2.45) is 0 Å². The highest BCUT2D eigenvalue weighted by molar-refractivity contribution is 7.16. The highest BCUT2D eigenvalue weighted by Crippen LogP contribution is 2.46. The molecule has 9 heteroatoms. The zero-order valence-corrected chi connectivity index (χ0v) is 19.0. The Morgan fingerprint density at radius 1 is 1.19 bits per heavy atom. The summed E-state index contributed by atoms with van der Waals surface area (Å²) in [5, 5.41) is 16.0. The van der Waals surface area contributed by atoms with Gasteiger partial charge in [-0.1, -0.05) is 45.8 Å². The van der Waals surface area contributed by atoms with Crippen molar-refractivity contribution in [3.05, 3.63) is 50.8 Å². The van der Waals surface area contributed by atoms with E-state index >= 15 is 0 Å². The van der Waals surface area contributed by atoms with E-state index in [0.717, 1.165) is 55.1 Å². The van der Waals surface area contributed by atoms with E-state index in [-0.39, 0.29) is 6.10 Å². The minimum absolute atomic E-state index is 0.149. The first-order chi connectivity index (χ1) is 15.1. The molecule has 1 saturated carbocycles. The van der Waals surface area contributed by atoms with Gasteiger partial charge in [0.05, 0.1) is 29.0 Å². The summed E-state index contributed by atoms with van der Waals surface area (Å²) in [6.45, 7) is 2.18. The summed E-state index contributed by atoms with van der Waals surface area (Å²) in [6.07, 6.45) is 5.96. The minimum Gasteiger partial charge on any atom is -0.373 e. The Balaban J connectivity index is 1.29. The van der Waals surface area contributed by atoms with Gasteiger partial charge in [0.2, 0.25) is 0 Å². The topological polar surface area (TPSA) is 75.2 Å². The van der Waals surface area contributed by atoms with Crippen molar-refractivity contribution >= 4 is 39.5 Å². The number of halogens is 2. The SMILES string of the molecule is N#Cc1ncc(N2CCC(OCc3c(-c4c(Cl)cccc4Cl)noc3C3CC3)CC2)s1. The summed E-state index contributed by atoms with van der Waals surface area (Å²) in [7, 11) is 0. The zero-order chi connectivity index (χ0) is 21.4. The number of rotatable bonds is 6. The average molecular weight is 475 g/mol. The Morgan fingerprint density at radius 3 is 2.58 bits per heavy atom. The number of benzene rings is 1. The molecule has 3 heterocycles. The van der Waals surface area contributed by atoms with Crippen molar-refractivity contribution in [3.8, 4) is 17.3 Å². The first-order valence-electron chi connectivity index (χ1n) is 10.3.